The van der Waals surface area contributed by atoms with Crippen molar-refractivity contribution in [3.63, 3.8) is 0 Å². The molecule has 0 aliphatic carbocycles. The summed E-state index contributed by atoms with van der Waals surface area (Å²) in [6.45, 7) is 3.51. The number of amides is 1. The molecule has 0 saturated carbocycles. The molecular weight excluding hydrogens is 426 g/mol. The van der Waals surface area contributed by atoms with E-state index in [1.807, 2.05) is 18.2 Å². The lowest BCUT2D eigenvalue weighted by molar-refractivity contribution is -0.118. The minimum atomic E-state index is -0.131. The third-order valence-electron chi connectivity index (χ3n) is 4.74. The number of aromatic nitrogens is 2. The van der Waals surface area contributed by atoms with Gasteiger partial charge in [0.05, 0.1) is 29.5 Å². The number of benzene rings is 1. The monoisotopic (exact) mass is 449 g/mol. The third-order valence-corrected chi connectivity index (χ3v) is 6.93. The molecule has 0 fully saturated rings. The lowest BCUT2D eigenvalue weighted by atomic mass is 10.2. The second-order valence-corrected chi connectivity index (χ2v) is 9.40. The summed E-state index contributed by atoms with van der Waals surface area (Å²) in [7, 11) is 1.60. The van der Waals surface area contributed by atoms with E-state index in [0.717, 1.165) is 22.6 Å². The minimum Gasteiger partial charge on any atom is -0.454 e. The number of fused-ring (bicyclic) bond motifs is 2. The third kappa shape index (κ3) is 4.60. The Bertz CT molecular complexity index is 1010. The molecule has 10 heteroatoms. The molecule has 1 aromatic heterocycles. The highest BCUT2D eigenvalue weighted by molar-refractivity contribution is 8.00. The van der Waals surface area contributed by atoms with Crippen molar-refractivity contribution in [2.45, 2.75) is 41.7 Å². The van der Waals surface area contributed by atoms with Crippen molar-refractivity contribution in [2.75, 3.05) is 26.3 Å². The van der Waals surface area contributed by atoms with Gasteiger partial charge >= 0.3 is 0 Å². The van der Waals surface area contributed by atoms with Crippen molar-refractivity contribution < 1.29 is 19.0 Å². The largest absolute Gasteiger partial charge is 0.454 e. The summed E-state index contributed by atoms with van der Waals surface area (Å²) in [6.07, 6.45) is 0.768. The van der Waals surface area contributed by atoms with Gasteiger partial charge in [0.25, 0.3) is 5.56 Å². The maximum absolute atomic E-state index is 12.9. The fourth-order valence-electron chi connectivity index (χ4n) is 3.25. The van der Waals surface area contributed by atoms with Gasteiger partial charge < -0.3 is 19.5 Å². The van der Waals surface area contributed by atoms with E-state index in [2.05, 4.69) is 17.2 Å². The fourth-order valence-corrected chi connectivity index (χ4v) is 5.24. The van der Waals surface area contributed by atoms with E-state index in [1.54, 1.807) is 23.4 Å². The fraction of sp³-hybridized carbons (Fsp3) is 0.450. The van der Waals surface area contributed by atoms with Crippen LogP contribution in [0.2, 0.25) is 0 Å². The van der Waals surface area contributed by atoms with Crippen LogP contribution in [0.15, 0.2) is 33.0 Å². The molecule has 2 aliphatic rings. The number of nitrogens with zero attached hydrogens (tertiary/aromatic N) is 2. The molecule has 4 rings (SSSR count). The average Bonchev–Trinajstić information content (AvgIpc) is 3.35. The van der Waals surface area contributed by atoms with E-state index >= 15 is 0 Å². The average molecular weight is 450 g/mol. The van der Waals surface area contributed by atoms with Gasteiger partial charge in [-0.2, -0.15) is 0 Å². The summed E-state index contributed by atoms with van der Waals surface area (Å²) in [5, 5.41) is 3.79. The second kappa shape index (κ2) is 9.32. The first-order valence-corrected chi connectivity index (χ1v) is 11.5. The van der Waals surface area contributed by atoms with Crippen LogP contribution in [0.1, 0.15) is 18.2 Å². The number of carbonyl (C=O) groups excluding carboxylic acids is 1. The molecule has 1 aromatic carbocycles. The van der Waals surface area contributed by atoms with Crippen molar-refractivity contribution in [3.05, 3.63) is 39.8 Å². The molecule has 0 saturated heterocycles. The first-order valence-electron chi connectivity index (χ1n) is 9.62. The number of methoxy groups -OCH3 is 1. The summed E-state index contributed by atoms with van der Waals surface area (Å²) in [4.78, 5) is 30.7. The molecule has 0 bridgehead atoms. The summed E-state index contributed by atoms with van der Waals surface area (Å²) in [6, 6.07) is 5.59. The Kier molecular flexibility index (Phi) is 6.55. The maximum atomic E-state index is 12.9. The van der Waals surface area contributed by atoms with Crippen LogP contribution in [-0.4, -0.2) is 47.0 Å². The molecule has 160 valence electrons. The predicted octanol–water partition coefficient (Wildman–Crippen LogP) is 2.06. The van der Waals surface area contributed by atoms with Crippen LogP contribution in [0.25, 0.3) is 0 Å². The molecule has 2 aromatic rings. The van der Waals surface area contributed by atoms with E-state index in [9.17, 15) is 9.59 Å². The number of rotatable bonds is 8. The molecular formula is C20H23N3O5S2. The summed E-state index contributed by atoms with van der Waals surface area (Å²) >= 11 is 2.84. The highest BCUT2D eigenvalue weighted by Gasteiger charge is 2.26. The topological polar surface area (TPSA) is 91.7 Å². The first-order chi connectivity index (χ1) is 14.5. The van der Waals surface area contributed by atoms with Gasteiger partial charge in [-0.15, -0.1) is 11.8 Å². The van der Waals surface area contributed by atoms with Crippen molar-refractivity contribution >= 4 is 29.4 Å². The van der Waals surface area contributed by atoms with Gasteiger partial charge in [0.1, 0.15) is 0 Å². The van der Waals surface area contributed by atoms with Crippen molar-refractivity contribution in [1.82, 2.24) is 14.9 Å². The smallest absolute Gasteiger partial charge is 0.268 e. The van der Waals surface area contributed by atoms with Gasteiger partial charge in [-0.05, 0) is 17.7 Å². The van der Waals surface area contributed by atoms with Crippen LogP contribution in [0.3, 0.4) is 0 Å². The normalized spacial score (nSPS) is 16.5. The van der Waals surface area contributed by atoms with Gasteiger partial charge in [-0.1, -0.05) is 24.8 Å². The Morgan fingerprint density at radius 3 is 3.07 bits per heavy atom. The lowest BCUT2D eigenvalue weighted by Gasteiger charge is -2.13. The van der Waals surface area contributed by atoms with Gasteiger partial charge in [0, 0.05) is 25.3 Å². The zero-order valence-corrected chi connectivity index (χ0v) is 18.4. The minimum absolute atomic E-state index is 0.0466. The van der Waals surface area contributed by atoms with E-state index in [4.69, 9.17) is 14.2 Å². The number of carbonyl (C=O) groups is 1. The van der Waals surface area contributed by atoms with Crippen LogP contribution in [-0.2, 0) is 29.0 Å². The van der Waals surface area contributed by atoms with Crippen LogP contribution in [0, 0.1) is 0 Å². The molecule has 0 spiro atoms. The Morgan fingerprint density at radius 1 is 1.40 bits per heavy atom. The second-order valence-electron chi connectivity index (χ2n) is 7.01. The molecule has 8 nitrogen and oxygen atoms in total. The molecule has 0 radical (unpaired) electrons. The molecule has 3 heterocycles. The van der Waals surface area contributed by atoms with E-state index < -0.39 is 0 Å². The molecule has 1 atom stereocenters. The Labute approximate surface area is 182 Å². The summed E-state index contributed by atoms with van der Waals surface area (Å²) < 4.78 is 17.4. The zero-order chi connectivity index (χ0) is 21.1. The SMILES string of the molecule is COCCn1c(SCC(=O)NCc2ccc3c(c2)OCO3)nc2c(c1=O)SC(C)C2. The number of hydrogen-bond donors (Lipinski definition) is 1. The number of thioether (sulfide) groups is 2. The Balaban J connectivity index is 1.40. The van der Waals surface area contributed by atoms with E-state index in [1.165, 1.54) is 11.8 Å². The molecule has 1 amide bonds. The Morgan fingerprint density at radius 2 is 2.23 bits per heavy atom. The van der Waals surface area contributed by atoms with Gasteiger partial charge in [-0.3, -0.25) is 14.2 Å². The number of ether oxygens (including phenoxy) is 3. The van der Waals surface area contributed by atoms with Crippen molar-refractivity contribution in [2.24, 2.45) is 0 Å². The lowest BCUT2D eigenvalue weighted by Crippen LogP contribution is -2.28. The predicted molar refractivity (Wildman–Crippen MR) is 115 cm³/mol. The van der Waals surface area contributed by atoms with Crippen LogP contribution in [0.5, 0.6) is 11.5 Å². The van der Waals surface area contributed by atoms with Gasteiger partial charge in [-0.25, -0.2) is 4.98 Å². The quantitative estimate of drug-likeness (QED) is 0.484. The van der Waals surface area contributed by atoms with Crippen molar-refractivity contribution in [1.29, 1.82) is 0 Å². The standard InChI is InChI=1S/C20H23N3O5S2/c1-12-7-14-18(30-12)19(25)23(5-6-26-2)20(22-14)29-10-17(24)21-9-13-3-4-15-16(8-13)28-11-27-15/h3-4,8,12H,5-7,9-11H2,1-2H3,(H,21,24). The zero-order valence-electron chi connectivity index (χ0n) is 16.8. The molecule has 30 heavy (non-hydrogen) atoms. The number of nitrogens with one attached hydrogen (secondary N) is 1. The molecule has 1 N–H and O–H groups in total. The highest BCUT2D eigenvalue weighted by atomic mass is 32.2. The van der Waals surface area contributed by atoms with Gasteiger partial charge in [0.15, 0.2) is 16.7 Å². The molecule has 1 unspecified atom stereocenters. The summed E-state index contributed by atoms with van der Waals surface area (Å²) in [5.41, 5.74) is 1.71. The van der Waals surface area contributed by atoms with Crippen LogP contribution >= 0.6 is 23.5 Å². The maximum Gasteiger partial charge on any atom is 0.268 e. The van der Waals surface area contributed by atoms with Crippen LogP contribution < -0.4 is 20.3 Å². The first kappa shape index (κ1) is 21.1. The summed E-state index contributed by atoms with van der Waals surface area (Å²) in [5.74, 6) is 1.44. The van der Waals surface area contributed by atoms with Gasteiger partial charge in [0.2, 0.25) is 12.7 Å². The van der Waals surface area contributed by atoms with E-state index in [-0.39, 0.29) is 24.0 Å². The molecule has 2 aliphatic heterocycles. The number of hydrogen-bond acceptors (Lipinski definition) is 8. The van der Waals surface area contributed by atoms with E-state index in [0.29, 0.717) is 41.6 Å². The van der Waals surface area contributed by atoms with Crippen molar-refractivity contribution in [3.8, 4) is 11.5 Å². The highest BCUT2D eigenvalue weighted by Crippen LogP contribution is 2.34. The Hall–Kier alpha value is -2.17. The van der Waals surface area contributed by atoms with Crippen LogP contribution in [0.4, 0.5) is 0 Å².